The molecule has 0 aliphatic carbocycles. The van der Waals surface area contributed by atoms with Gasteiger partial charge in [0.1, 0.15) is 0 Å². The molecule has 0 spiro atoms. The molecule has 12 nitrogen and oxygen atoms in total. The van der Waals surface area contributed by atoms with E-state index >= 15 is 0 Å². The Balaban J connectivity index is 1.46. The second-order valence-corrected chi connectivity index (χ2v) is 10.3. The lowest BCUT2D eigenvalue weighted by atomic mass is 9.88. The number of carbonyl (C=O) groups is 3. The summed E-state index contributed by atoms with van der Waals surface area (Å²) in [6.45, 7) is 2.40. The van der Waals surface area contributed by atoms with Gasteiger partial charge in [0.2, 0.25) is 17.6 Å². The first-order valence-corrected chi connectivity index (χ1v) is 13.3. The largest absolute Gasteiger partial charge is 0.370 e. The van der Waals surface area contributed by atoms with Crippen LogP contribution in [0, 0.1) is 17.2 Å². The standard InChI is InChI=1S/C23H37N9O3S/c24-22(25)29-8-1-2-17(19(34)20-28-9-13-36-20)30-18(33)14-32-12-7-16(21(32)35)4-3-15-5-10-31(11-6-15)23(26)27/h9,13,15-17H,1-8,10-12,14H2,(H3,26,27)(H,30,33)(H4,24,25,29)/t16?,17-/m0/s1. The second kappa shape index (κ2) is 13.2. The van der Waals surface area contributed by atoms with Crippen molar-refractivity contribution in [3.63, 3.8) is 0 Å². The Morgan fingerprint density at radius 2 is 1.94 bits per heavy atom. The summed E-state index contributed by atoms with van der Waals surface area (Å²) in [5, 5.41) is 12.4. The number of carbonyl (C=O) groups excluding carboxylic acids is 3. The fraction of sp³-hybridized carbons (Fsp3) is 0.652. The Labute approximate surface area is 215 Å². The van der Waals surface area contributed by atoms with Gasteiger partial charge in [-0.3, -0.25) is 24.8 Å². The number of nitrogens with one attached hydrogen (secondary N) is 2. The summed E-state index contributed by atoms with van der Waals surface area (Å²) in [5.41, 5.74) is 16.3. The summed E-state index contributed by atoms with van der Waals surface area (Å²) in [7, 11) is 0. The van der Waals surface area contributed by atoms with E-state index in [1.54, 1.807) is 16.5 Å². The molecule has 0 aromatic carbocycles. The average Bonchev–Trinajstić information content (AvgIpc) is 3.50. The third kappa shape index (κ3) is 7.90. The fourth-order valence-electron chi connectivity index (χ4n) is 4.81. The summed E-state index contributed by atoms with van der Waals surface area (Å²) >= 11 is 1.22. The van der Waals surface area contributed by atoms with Crippen LogP contribution in [0.3, 0.4) is 0 Å². The first-order valence-electron chi connectivity index (χ1n) is 12.4. The molecule has 13 heteroatoms. The lowest BCUT2D eigenvalue weighted by Crippen LogP contribution is -2.46. The summed E-state index contributed by atoms with van der Waals surface area (Å²) in [5.74, 6) is -0.0647. The number of amides is 2. The molecular formula is C23H37N9O3S. The topological polar surface area (TPSA) is 197 Å². The van der Waals surface area contributed by atoms with Gasteiger partial charge in [-0.2, -0.15) is 0 Å². The van der Waals surface area contributed by atoms with Gasteiger partial charge < -0.3 is 32.3 Å². The van der Waals surface area contributed by atoms with E-state index in [2.05, 4.69) is 15.3 Å². The Morgan fingerprint density at radius 3 is 2.58 bits per heavy atom. The van der Waals surface area contributed by atoms with Crippen LogP contribution in [-0.4, -0.2) is 83.1 Å². The number of piperidine rings is 1. The number of aromatic nitrogens is 1. The number of thiazole rings is 1. The normalized spacial score (nSPS) is 19.2. The predicted octanol–water partition coefficient (Wildman–Crippen LogP) is 0.0984. The van der Waals surface area contributed by atoms with Crippen molar-refractivity contribution in [3.8, 4) is 0 Å². The number of likely N-dealkylation sites (tertiary alicyclic amines) is 2. The fourth-order valence-corrected chi connectivity index (χ4v) is 5.44. The molecule has 2 aliphatic heterocycles. The van der Waals surface area contributed by atoms with Gasteiger partial charge in [0.05, 0.1) is 12.6 Å². The monoisotopic (exact) mass is 519 g/mol. The molecule has 2 amide bonds. The van der Waals surface area contributed by atoms with E-state index in [0.29, 0.717) is 36.9 Å². The molecule has 198 valence electrons. The van der Waals surface area contributed by atoms with Gasteiger partial charge in [-0.15, -0.1) is 11.3 Å². The molecule has 1 aromatic rings. The van der Waals surface area contributed by atoms with Crippen molar-refractivity contribution in [3.05, 3.63) is 16.6 Å². The van der Waals surface area contributed by atoms with Crippen LogP contribution in [0.15, 0.2) is 16.6 Å². The molecule has 1 unspecified atom stereocenters. The van der Waals surface area contributed by atoms with Gasteiger partial charge in [-0.05, 0) is 50.9 Å². The second-order valence-electron chi connectivity index (χ2n) is 9.41. The lowest BCUT2D eigenvalue weighted by Gasteiger charge is -2.32. The van der Waals surface area contributed by atoms with Gasteiger partial charge >= 0.3 is 0 Å². The highest BCUT2D eigenvalue weighted by Crippen LogP contribution is 2.28. The van der Waals surface area contributed by atoms with Gasteiger partial charge in [0.15, 0.2) is 16.9 Å². The number of hydrogen-bond acceptors (Lipinski definition) is 7. The first kappa shape index (κ1) is 27.4. The Hall–Kier alpha value is -3.22. The number of nitrogens with zero attached hydrogens (tertiary/aromatic N) is 4. The van der Waals surface area contributed by atoms with Crippen molar-refractivity contribution >= 4 is 40.9 Å². The number of hydrogen-bond donors (Lipinski definition) is 5. The first-order chi connectivity index (χ1) is 17.2. The molecule has 3 rings (SSSR count). The highest BCUT2D eigenvalue weighted by molar-refractivity contribution is 7.11. The SMILES string of the molecule is N=C(N)N1CCC(CCC2CCN(CC(=O)N[C@@H](CCCN=C(N)N)C(=O)c3nccs3)C2=O)CC1. The van der Waals surface area contributed by atoms with E-state index in [0.717, 1.165) is 45.2 Å². The van der Waals surface area contributed by atoms with E-state index in [1.807, 2.05) is 4.90 Å². The number of guanidine groups is 2. The maximum Gasteiger partial charge on any atom is 0.240 e. The molecule has 3 heterocycles. The minimum atomic E-state index is -0.757. The van der Waals surface area contributed by atoms with Crippen LogP contribution in [0.4, 0.5) is 0 Å². The molecule has 0 bridgehead atoms. The summed E-state index contributed by atoms with van der Waals surface area (Å²) in [6, 6.07) is -0.757. The molecule has 2 saturated heterocycles. The van der Waals surface area contributed by atoms with Crippen molar-refractivity contribution in [1.82, 2.24) is 20.1 Å². The Kier molecular flexibility index (Phi) is 10.0. The third-order valence-electron chi connectivity index (χ3n) is 6.86. The number of Topliss-reactive ketones (excluding diaryl/α,β-unsaturated/α-hetero) is 1. The van der Waals surface area contributed by atoms with E-state index < -0.39 is 6.04 Å². The van der Waals surface area contributed by atoms with E-state index in [-0.39, 0.29) is 42.0 Å². The zero-order valence-corrected chi connectivity index (χ0v) is 21.3. The quantitative estimate of drug-likeness (QED) is 0.111. The molecule has 0 saturated carbocycles. The molecule has 1 aromatic heterocycles. The van der Waals surface area contributed by atoms with Gasteiger partial charge in [0.25, 0.3) is 0 Å². The van der Waals surface area contributed by atoms with Crippen molar-refractivity contribution in [2.75, 3.05) is 32.7 Å². The zero-order valence-electron chi connectivity index (χ0n) is 20.5. The number of nitrogens with two attached hydrogens (primary N) is 3. The van der Waals surface area contributed by atoms with Crippen molar-refractivity contribution in [1.29, 1.82) is 5.41 Å². The number of aliphatic imine (C=N–C) groups is 1. The highest BCUT2D eigenvalue weighted by Gasteiger charge is 2.34. The highest BCUT2D eigenvalue weighted by atomic mass is 32.1. The molecule has 0 radical (unpaired) electrons. The summed E-state index contributed by atoms with van der Waals surface area (Å²) in [4.78, 5) is 50.0. The van der Waals surface area contributed by atoms with Gasteiger partial charge in [-0.25, -0.2) is 4.98 Å². The summed E-state index contributed by atoms with van der Waals surface area (Å²) < 4.78 is 0. The van der Waals surface area contributed by atoms with E-state index in [1.165, 1.54) is 11.3 Å². The number of rotatable bonds is 12. The summed E-state index contributed by atoms with van der Waals surface area (Å²) in [6.07, 6.45) is 6.87. The Bertz CT molecular complexity index is 941. The van der Waals surface area contributed by atoms with Crippen LogP contribution in [0.5, 0.6) is 0 Å². The zero-order chi connectivity index (χ0) is 26.1. The van der Waals surface area contributed by atoms with Crippen LogP contribution in [0.2, 0.25) is 0 Å². The van der Waals surface area contributed by atoms with Gasteiger partial charge in [-0.1, -0.05) is 0 Å². The van der Waals surface area contributed by atoms with Crippen molar-refractivity contribution < 1.29 is 14.4 Å². The van der Waals surface area contributed by atoms with E-state index in [4.69, 9.17) is 22.6 Å². The molecule has 36 heavy (non-hydrogen) atoms. The van der Waals surface area contributed by atoms with Crippen LogP contribution in [0.1, 0.15) is 54.7 Å². The predicted molar refractivity (Wildman–Crippen MR) is 138 cm³/mol. The molecule has 2 aliphatic rings. The van der Waals surface area contributed by atoms with Crippen molar-refractivity contribution in [2.45, 2.75) is 51.0 Å². The molecule has 2 fully saturated rings. The molecular weight excluding hydrogens is 482 g/mol. The van der Waals surface area contributed by atoms with Crippen LogP contribution in [0.25, 0.3) is 0 Å². The van der Waals surface area contributed by atoms with Crippen LogP contribution >= 0.6 is 11.3 Å². The van der Waals surface area contributed by atoms with Crippen LogP contribution < -0.4 is 22.5 Å². The maximum absolute atomic E-state index is 12.9. The molecule has 8 N–H and O–H groups in total. The number of ketones is 1. The van der Waals surface area contributed by atoms with E-state index in [9.17, 15) is 14.4 Å². The average molecular weight is 520 g/mol. The third-order valence-corrected chi connectivity index (χ3v) is 7.65. The minimum Gasteiger partial charge on any atom is -0.370 e. The smallest absolute Gasteiger partial charge is 0.240 e. The molecule has 2 atom stereocenters. The lowest BCUT2D eigenvalue weighted by molar-refractivity contribution is -0.135. The van der Waals surface area contributed by atoms with Crippen LogP contribution in [-0.2, 0) is 9.59 Å². The Morgan fingerprint density at radius 1 is 1.19 bits per heavy atom. The maximum atomic E-state index is 12.9. The van der Waals surface area contributed by atoms with Crippen molar-refractivity contribution in [2.24, 2.45) is 34.0 Å². The minimum absolute atomic E-state index is 0.00174. The van der Waals surface area contributed by atoms with Gasteiger partial charge in [0, 0.05) is 43.7 Å².